The lowest BCUT2D eigenvalue weighted by Crippen LogP contribution is -2.29. The molecule has 0 unspecified atom stereocenters. The molecule has 0 radical (unpaired) electrons. The molecule has 1 aromatic rings. The molecule has 2 saturated carbocycles. The number of aliphatic hydroxyl groups excluding tert-OH is 1. The molecule has 0 aromatic heterocycles. The van der Waals surface area contributed by atoms with Crippen LogP contribution in [-0.4, -0.2) is 17.7 Å². The van der Waals surface area contributed by atoms with Crippen molar-refractivity contribution in [2.75, 3.05) is 11.4 Å². The van der Waals surface area contributed by atoms with E-state index in [0.29, 0.717) is 6.04 Å². The number of benzene rings is 1. The maximum Gasteiger partial charge on any atom is 0.123 e. The van der Waals surface area contributed by atoms with Gasteiger partial charge in [-0.15, -0.1) is 0 Å². The minimum atomic E-state index is -0.615. The molecule has 1 aromatic carbocycles. The molecule has 3 heteroatoms. The minimum Gasteiger partial charge on any atom is -0.389 e. The summed E-state index contributed by atoms with van der Waals surface area (Å²) in [5.74, 6) is 0.536. The van der Waals surface area contributed by atoms with Crippen LogP contribution in [0.3, 0.4) is 0 Å². The molecule has 0 heterocycles. The van der Waals surface area contributed by atoms with Crippen LogP contribution in [0.2, 0.25) is 0 Å². The second-order valence-corrected chi connectivity index (χ2v) is 5.71. The molecule has 0 saturated heterocycles. The normalized spacial score (nSPS) is 20.8. The minimum absolute atomic E-state index is 0.267. The monoisotopic (exact) mass is 249 g/mol. The van der Waals surface area contributed by atoms with Crippen LogP contribution in [0.4, 0.5) is 10.1 Å². The van der Waals surface area contributed by atoms with Crippen molar-refractivity contribution in [1.29, 1.82) is 0 Å². The summed E-state index contributed by atoms with van der Waals surface area (Å²) in [4.78, 5) is 2.39. The highest BCUT2D eigenvalue weighted by Crippen LogP contribution is 2.40. The van der Waals surface area contributed by atoms with Gasteiger partial charge in [-0.2, -0.15) is 0 Å². The van der Waals surface area contributed by atoms with Gasteiger partial charge in [0, 0.05) is 23.8 Å². The van der Waals surface area contributed by atoms with Crippen LogP contribution in [0.25, 0.3) is 0 Å². The molecule has 2 nitrogen and oxygen atoms in total. The van der Waals surface area contributed by atoms with Crippen molar-refractivity contribution in [1.82, 2.24) is 0 Å². The third-order valence-corrected chi connectivity index (χ3v) is 3.89. The van der Waals surface area contributed by atoms with E-state index in [0.717, 1.165) is 23.7 Å². The molecular formula is C15H20FNO. The SMILES string of the molecule is C[C@H](O)c1cc(F)ccc1N(CC1CC1)C1CC1. The lowest BCUT2D eigenvalue weighted by molar-refractivity contribution is 0.199. The summed E-state index contributed by atoms with van der Waals surface area (Å²) in [5.41, 5.74) is 1.75. The molecule has 0 bridgehead atoms. The molecular weight excluding hydrogens is 229 g/mol. The predicted octanol–water partition coefficient (Wildman–Crippen LogP) is 3.26. The lowest BCUT2D eigenvalue weighted by atomic mass is 10.1. The van der Waals surface area contributed by atoms with Crippen molar-refractivity contribution in [2.24, 2.45) is 5.92 Å². The Morgan fingerprint density at radius 1 is 1.33 bits per heavy atom. The van der Waals surface area contributed by atoms with Gasteiger partial charge in [-0.1, -0.05) is 0 Å². The molecule has 1 N–H and O–H groups in total. The smallest absolute Gasteiger partial charge is 0.123 e. The third kappa shape index (κ3) is 2.51. The quantitative estimate of drug-likeness (QED) is 0.865. The van der Waals surface area contributed by atoms with Gasteiger partial charge >= 0.3 is 0 Å². The second-order valence-electron chi connectivity index (χ2n) is 5.71. The maximum atomic E-state index is 13.3. The molecule has 0 aliphatic heterocycles. The number of anilines is 1. The Labute approximate surface area is 107 Å². The number of aliphatic hydroxyl groups is 1. The Balaban J connectivity index is 1.91. The van der Waals surface area contributed by atoms with Crippen LogP contribution in [-0.2, 0) is 0 Å². The zero-order chi connectivity index (χ0) is 12.7. The summed E-state index contributed by atoms with van der Waals surface area (Å²) in [6, 6.07) is 5.41. The largest absolute Gasteiger partial charge is 0.389 e. The van der Waals surface area contributed by atoms with E-state index in [1.54, 1.807) is 6.92 Å². The van der Waals surface area contributed by atoms with E-state index in [1.807, 2.05) is 6.07 Å². The van der Waals surface area contributed by atoms with Gasteiger partial charge in [-0.3, -0.25) is 0 Å². The molecule has 18 heavy (non-hydrogen) atoms. The van der Waals surface area contributed by atoms with Gasteiger partial charge in [-0.25, -0.2) is 4.39 Å². The number of hydrogen-bond donors (Lipinski definition) is 1. The molecule has 3 rings (SSSR count). The van der Waals surface area contributed by atoms with Crippen molar-refractivity contribution < 1.29 is 9.50 Å². The van der Waals surface area contributed by atoms with Gasteiger partial charge < -0.3 is 10.0 Å². The standard InChI is InChI=1S/C15H20FNO/c1-10(18)14-8-12(16)4-7-15(14)17(13-5-6-13)9-11-2-3-11/h4,7-8,10-11,13,18H,2-3,5-6,9H2,1H3/t10-/m0/s1. The van der Waals surface area contributed by atoms with Gasteiger partial charge in [0.05, 0.1) is 6.10 Å². The van der Waals surface area contributed by atoms with Crippen molar-refractivity contribution >= 4 is 5.69 Å². The van der Waals surface area contributed by atoms with Crippen molar-refractivity contribution in [3.63, 3.8) is 0 Å². The topological polar surface area (TPSA) is 23.5 Å². The number of halogens is 1. The molecule has 0 amide bonds. The summed E-state index contributed by atoms with van der Waals surface area (Å²) >= 11 is 0. The summed E-state index contributed by atoms with van der Waals surface area (Å²) < 4.78 is 13.3. The fraction of sp³-hybridized carbons (Fsp3) is 0.600. The number of hydrogen-bond acceptors (Lipinski definition) is 2. The van der Waals surface area contributed by atoms with Crippen LogP contribution in [0, 0.1) is 11.7 Å². The summed E-state index contributed by atoms with van der Waals surface area (Å²) in [6.07, 6.45) is 4.46. The fourth-order valence-corrected chi connectivity index (χ4v) is 2.53. The lowest BCUT2D eigenvalue weighted by Gasteiger charge is -2.28. The number of rotatable bonds is 5. The zero-order valence-electron chi connectivity index (χ0n) is 10.8. The van der Waals surface area contributed by atoms with E-state index in [4.69, 9.17) is 0 Å². The first-order valence-electron chi connectivity index (χ1n) is 6.89. The molecule has 2 fully saturated rings. The molecule has 98 valence electrons. The van der Waals surface area contributed by atoms with E-state index >= 15 is 0 Å². The van der Waals surface area contributed by atoms with Crippen LogP contribution < -0.4 is 4.90 Å². The van der Waals surface area contributed by atoms with Crippen molar-refractivity contribution in [2.45, 2.75) is 44.8 Å². The van der Waals surface area contributed by atoms with Gasteiger partial charge in [0.1, 0.15) is 5.82 Å². The van der Waals surface area contributed by atoms with Gasteiger partial charge in [0.15, 0.2) is 0 Å². The van der Waals surface area contributed by atoms with E-state index in [2.05, 4.69) is 4.90 Å². The van der Waals surface area contributed by atoms with E-state index in [9.17, 15) is 9.50 Å². The first kappa shape index (κ1) is 12.0. The highest BCUT2D eigenvalue weighted by molar-refractivity contribution is 5.56. The molecule has 2 aliphatic carbocycles. The molecule has 2 aliphatic rings. The zero-order valence-corrected chi connectivity index (χ0v) is 10.8. The van der Waals surface area contributed by atoms with Crippen LogP contribution >= 0.6 is 0 Å². The third-order valence-electron chi connectivity index (χ3n) is 3.89. The summed E-state index contributed by atoms with van der Waals surface area (Å²) in [5, 5.41) is 9.84. The highest BCUT2D eigenvalue weighted by atomic mass is 19.1. The Morgan fingerprint density at radius 2 is 2.06 bits per heavy atom. The van der Waals surface area contributed by atoms with Crippen LogP contribution in [0.5, 0.6) is 0 Å². The average molecular weight is 249 g/mol. The Hall–Kier alpha value is -1.09. The Kier molecular flexibility index (Phi) is 3.02. The van der Waals surface area contributed by atoms with E-state index in [-0.39, 0.29) is 5.82 Å². The fourth-order valence-electron chi connectivity index (χ4n) is 2.53. The van der Waals surface area contributed by atoms with Gasteiger partial charge in [-0.05, 0) is 56.7 Å². The van der Waals surface area contributed by atoms with Crippen molar-refractivity contribution in [3.05, 3.63) is 29.6 Å². The van der Waals surface area contributed by atoms with E-state index in [1.165, 1.54) is 37.8 Å². The highest BCUT2D eigenvalue weighted by Gasteiger charge is 2.35. The first-order valence-corrected chi connectivity index (χ1v) is 6.89. The van der Waals surface area contributed by atoms with Gasteiger partial charge in [0.25, 0.3) is 0 Å². The summed E-state index contributed by atoms with van der Waals surface area (Å²) in [6.45, 7) is 2.77. The average Bonchev–Trinajstić information content (AvgIpc) is 3.19. The molecule has 0 spiro atoms. The molecule has 1 atom stereocenters. The maximum absolute atomic E-state index is 13.3. The second kappa shape index (κ2) is 4.54. The first-order chi connectivity index (χ1) is 8.65. The van der Waals surface area contributed by atoms with Gasteiger partial charge in [0.2, 0.25) is 0 Å². The summed E-state index contributed by atoms with van der Waals surface area (Å²) in [7, 11) is 0. The van der Waals surface area contributed by atoms with Crippen molar-refractivity contribution in [3.8, 4) is 0 Å². The Bertz CT molecular complexity index is 438. The van der Waals surface area contributed by atoms with Crippen LogP contribution in [0.1, 0.15) is 44.3 Å². The van der Waals surface area contributed by atoms with E-state index < -0.39 is 6.10 Å². The Morgan fingerprint density at radius 3 is 2.61 bits per heavy atom. The number of nitrogens with zero attached hydrogens (tertiary/aromatic N) is 1. The van der Waals surface area contributed by atoms with Crippen LogP contribution in [0.15, 0.2) is 18.2 Å². The predicted molar refractivity (Wildman–Crippen MR) is 70.1 cm³/mol.